The first-order valence-electron chi connectivity index (χ1n) is 13.3. The van der Waals surface area contributed by atoms with E-state index in [1.54, 1.807) is 18.2 Å². The van der Waals surface area contributed by atoms with Gasteiger partial charge in [0, 0.05) is 17.8 Å². The Bertz CT molecular complexity index is 1300. The van der Waals surface area contributed by atoms with Gasteiger partial charge < -0.3 is 9.64 Å². The lowest BCUT2D eigenvalue weighted by molar-refractivity contribution is -0.116. The van der Waals surface area contributed by atoms with Gasteiger partial charge in [0.05, 0.1) is 5.75 Å². The Morgan fingerprint density at radius 1 is 1.14 bits per heavy atom. The number of anilines is 1. The number of aromatic nitrogens is 3. The fourth-order valence-corrected chi connectivity index (χ4v) is 7.74. The van der Waals surface area contributed by atoms with Gasteiger partial charge in [-0.05, 0) is 81.0 Å². The summed E-state index contributed by atoms with van der Waals surface area (Å²) in [5, 5.41) is 9.69. The van der Waals surface area contributed by atoms with Crippen molar-refractivity contribution in [3.05, 3.63) is 65.7 Å². The van der Waals surface area contributed by atoms with Gasteiger partial charge in [-0.1, -0.05) is 48.5 Å². The summed E-state index contributed by atoms with van der Waals surface area (Å²) in [5.74, 6) is 2.95. The van der Waals surface area contributed by atoms with E-state index in [9.17, 15) is 9.18 Å². The van der Waals surface area contributed by atoms with Crippen molar-refractivity contribution >= 4 is 23.4 Å². The van der Waals surface area contributed by atoms with Crippen LogP contribution in [0.1, 0.15) is 57.0 Å². The minimum atomic E-state index is -0.394. The minimum absolute atomic E-state index is 0.0775. The van der Waals surface area contributed by atoms with Crippen LogP contribution in [0.3, 0.4) is 0 Å². The van der Waals surface area contributed by atoms with E-state index in [1.807, 2.05) is 23.1 Å². The number of halogens is 1. The summed E-state index contributed by atoms with van der Waals surface area (Å²) in [6, 6.07) is 14.9. The van der Waals surface area contributed by atoms with Gasteiger partial charge in [-0.3, -0.25) is 9.36 Å². The Balaban J connectivity index is 1.22. The van der Waals surface area contributed by atoms with E-state index < -0.39 is 5.82 Å². The number of hydrogen-bond donors (Lipinski definition) is 0. The number of amides is 1. The number of hydrogen-bond acceptors (Lipinski definition) is 5. The number of carbonyl (C=O) groups is 1. The van der Waals surface area contributed by atoms with Crippen LogP contribution in [0.15, 0.2) is 53.7 Å². The number of thioether (sulfide) groups is 1. The van der Waals surface area contributed by atoms with E-state index in [0.717, 1.165) is 29.1 Å². The van der Waals surface area contributed by atoms with Gasteiger partial charge in [-0.15, -0.1) is 10.2 Å². The second-order valence-electron chi connectivity index (χ2n) is 10.8. The summed E-state index contributed by atoms with van der Waals surface area (Å²) >= 11 is 1.44. The lowest BCUT2D eigenvalue weighted by Crippen LogP contribution is -2.37. The molecule has 1 aromatic heterocycles. The molecule has 0 unspecified atom stereocenters. The van der Waals surface area contributed by atoms with Gasteiger partial charge in [-0.25, -0.2) is 4.39 Å². The van der Waals surface area contributed by atoms with Crippen molar-refractivity contribution in [2.24, 2.45) is 17.8 Å². The van der Waals surface area contributed by atoms with E-state index in [1.165, 1.54) is 49.1 Å². The quantitative estimate of drug-likeness (QED) is 0.338. The lowest BCUT2D eigenvalue weighted by Gasteiger charge is -2.30. The third-order valence-corrected chi connectivity index (χ3v) is 9.48. The molecule has 3 aromatic rings. The number of carbonyl (C=O) groups excluding carboxylic acids is 1. The van der Waals surface area contributed by atoms with Crippen LogP contribution in [-0.2, 0) is 17.8 Å². The van der Waals surface area contributed by atoms with Gasteiger partial charge in [0.1, 0.15) is 6.61 Å². The van der Waals surface area contributed by atoms with Crippen LogP contribution in [-0.4, -0.2) is 32.5 Å². The van der Waals surface area contributed by atoms with Crippen LogP contribution >= 0.6 is 11.8 Å². The van der Waals surface area contributed by atoms with Crippen molar-refractivity contribution in [1.82, 2.24) is 14.8 Å². The predicted molar refractivity (Wildman–Crippen MR) is 142 cm³/mol. The zero-order valence-corrected chi connectivity index (χ0v) is 22.2. The molecule has 37 heavy (non-hydrogen) atoms. The minimum Gasteiger partial charge on any atom is -0.483 e. The molecule has 0 N–H and O–H groups in total. The van der Waals surface area contributed by atoms with Crippen molar-refractivity contribution in [2.45, 2.75) is 69.8 Å². The fourth-order valence-electron chi connectivity index (χ4n) is 6.84. The van der Waals surface area contributed by atoms with E-state index >= 15 is 0 Å². The van der Waals surface area contributed by atoms with Crippen molar-refractivity contribution in [3.8, 4) is 5.75 Å². The largest absolute Gasteiger partial charge is 0.483 e. The molecule has 2 heterocycles. The Hall–Kier alpha value is -2.87. The molecule has 0 spiro atoms. The van der Waals surface area contributed by atoms with E-state index in [4.69, 9.17) is 4.74 Å². The molecule has 1 aliphatic heterocycles. The number of benzene rings is 2. The monoisotopic (exact) mass is 520 g/mol. The van der Waals surface area contributed by atoms with Gasteiger partial charge in [-0.2, -0.15) is 0 Å². The van der Waals surface area contributed by atoms with E-state index in [-0.39, 0.29) is 36.1 Å². The molecular weight excluding hydrogens is 487 g/mol. The van der Waals surface area contributed by atoms with E-state index in [2.05, 4.69) is 34.7 Å². The molecule has 8 heteroatoms. The Labute approximate surface area is 221 Å². The molecule has 2 aromatic carbocycles. The third-order valence-electron chi connectivity index (χ3n) is 8.55. The highest BCUT2D eigenvalue weighted by Gasteiger charge is 2.43. The van der Waals surface area contributed by atoms with Crippen LogP contribution in [0.5, 0.6) is 5.75 Å². The van der Waals surface area contributed by atoms with Gasteiger partial charge in [0.2, 0.25) is 5.91 Å². The lowest BCUT2D eigenvalue weighted by atomic mass is 9.84. The van der Waals surface area contributed by atoms with E-state index in [0.29, 0.717) is 11.7 Å². The molecule has 2 aliphatic carbocycles. The molecule has 2 bridgehead atoms. The molecule has 5 atom stereocenters. The predicted octanol–water partition coefficient (Wildman–Crippen LogP) is 6.06. The van der Waals surface area contributed by atoms with Gasteiger partial charge >= 0.3 is 0 Å². The fraction of sp³-hybridized carbons (Fsp3) is 0.483. The molecule has 0 saturated heterocycles. The van der Waals surface area contributed by atoms with Crippen LogP contribution in [0.4, 0.5) is 10.1 Å². The summed E-state index contributed by atoms with van der Waals surface area (Å²) in [4.78, 5) is 15.3. The number of nitrogens with zero attached hydrogens (tertiary/aromatic N) is 4. The first-order chi connectivity index (χ1) is 18.0. The van der Waals surface area contributed by atoms with Crippen LogP contribution in [0.2, 0.25) is 0 Å². The summed E-state index contributed by atoms with van der Waals surface area (Å²) < 4.78 is 22.2. The highest BCUT2D eigenvalue weighted by molar-refractivity contribution is 7.99. The normalized spacial score (nSPS) is 24.9. The number of ether oxygens (including phenoxy) is 1. The zero-order valence-electron chi connectivity index (χ0n) is 21.3. The van der Waals surface area contributed by atoms with Crippen LogP contribution in [0.25, 0.3) is 0 Å². The van der Waals surface area contributed by atoms with Crippen molar-refractivity contribution in [3.63, 3.8) is 0 Å². The molecule has 194 valence electrons. The summed E-state index contributed by atoms with van der Waals surface area (Å²) in [6.07, 6.45) is 6.04. The topological polar surface area (TPSA) is 60.3 Å². The average molecular weight is 521 g/mol. The third kappa shape index (κ3) is 4.65. The molecule has 2 fully saturated rings. The second-order valence-corrected chi connectivity index (χ2v) is 11.7. The first kappa shape index (κ1) is 24.5. The standard InChI is InChI=1S/C29H33FN4O2S/c1-18-13-22-7-3-5-9-25(22)33(18)28(35)17-37-29-32-31-27(16-36-26-10-6-4-8-24(26)30)34(29)19(2)23-15-20-11-12-21(23)14-20/h3-10,18-21,23H,11-17H2,1-2H3/t18-,19-,20+,21+,23+/m1/s1. The smallest absolute Gasteiger partial charge is 0.237 e. The molecule has 0 radical (unpaired) electrons. The van der Waals surface area contributed by atoms with Crippen molar-refractivity contribution < 1.29 is 13.9 Å². The molecule has 2 saturated carbocycles. The number of fused-ring (bicyclic) bond motifs is 3. The van der Waals surface area contributed by atoms with Crippen molar-refractivity contribution in [2.75, 3.05) is 10.7 Å². The first-order valence-corrected chi connectivity index (χ1v) is 14.3. The Morgan fingerprint density at radius 3 is 2.73 bits per heavy atom. The summed E-state index contributed by atoms with van der Waals surface area (Å²) in [6.45, 7) is 4.47. The van der Waals surface area contributed by atoms with Crippen LogP contribution in [0, 0.1) is 23.6 Å². The zero-order chi connectivity index (χ0) is 25.5. The summed E-state index contributed by atoms with van der Waals surface area (Å²) in [7, 11) is 0. The maximum absolute atomic E-state index is 14.2. The highest BCUT2D eigenvalue weighted by atomic mass is 32.2. The molecular formula is C29H33FN4O2S. The SMILES string of the molecule is C[C@@H]1Cc2ccccc2N1C(=O)CSc1nnc(COc2ccccc2F)n1[C@H](C)[C@@H]1C[C@H]2CC[C@H]1C2. The summed E-state index contributed by atoms with van der Waals surface area (Å²) in [5.41, 5.74) is 2.23. The average Bonchev–Trinajstić information content (AvgIpc) is 3.68. The number of rotatable bonds is 8. The molecule has 6 rings (SSSR count). The second kappa shape index (κ2) is 10.1. The Morgan fingerprint density at radius 2 is 1.95 bits per heavy atom. The van der Waals surface area contributed by atoms with Gasteiger partial charge in [0.15, 0.2) is 22.5 Å². The maximum atomic E-state index is 14.2. The highest BCUT2D eigenvalue weighted by Crippen LogP contribution is 2.52. The van der Waals surface area contributed by atoms with Crippen molar-refractivity contribution in [1.29, 1.82) is 0 Å². The number of para-hydroxylation sites is 2. The maximum Gasteiger partial charge on any atom is 0.237 e. The van der Waals surface area contributed by atoms with Crippen LogP contribution < -0.4 is 9.64 Å². The Kier molecular flexibility index (Phi) is 6.69. The molecule has 1 amide bonds. The molecule has 3 aliphatic rings. The van der Waals surface area contributed by atoms with Gasteiger partial charge in [0.25, 0.3) is 0 Å². The molecule has 6 nitrogen and oxygen atoms in total.